The van der Waals surface area contributed by atoms with Gasteiger partial charge in [0.2, 0.25) is 0 Å². The molecule has 2 N–H and O–H groups in total. The van der Waals surface area contributed by atoms with Gasteiger partial charge in [-0.2, -0.15) is 0 Å². The van der Waals surface area contributed by atoms with Crippen molar-refractivity contribution in [3.05, 3.63) is 0 Å². The molecule has 0 aromatic heterocycles. The van der Waals surface area contributed by atoms with Crippen LogP contribution in [0.3, 0.4) is 0 Å². The molecule has 1 aliphatic carbocycles. The second kappa shape index (κ2) is 16.5. The smallest absolute Gasteiger partial charge is 0.310 e. The van der Waals surface area contributed by atoms with Crippen LogP contribution in [0.4, 0.5) is 0 Å². The van der Waals surface area contributed by atoms with Crippen molar-refractivity contribution in [3.8, 4) is 0 Å². The summed E-state index contributed by atoms with van der Waals surface area (Å²) < 4.78 is 0. The van der Waals surface area contributed by atoms with E-state index in [4.69, 9.17) is 0 Å². The Kier molecular flexibility index (Phi) is 15.0. The molecule has 0 heterocycles. The molecule has 1 aliphatic rings. The van der Waals surface area contributed by atoms with Crippen LogP contribution >= 0.6 is 0 Å². The molecule has 0 radical (unpaired) electrons. The maximum Gasteiger partial charge on any atom is 0.310 e. The van der Waals surface area contributed by atoms with Crippen molar-refractivity contribution >= 4 is 11.9 Å². The number of aliphatic carboxylic acids is 2. The third kappa shape index (κ3) is 9.25. The van der Waals surface area contributed by atoms with Gasteiger partial charge in [-0.05, 0) is 38.0 Å². The van der Waals surface area contributed by atoms with Gasteiger partial charge < -0.3 is 10.2 Å². The van der Waals surface area contributed by atoms with Gasteiger partial charge in [0.05, 0.1) is 10.8 Å². The minimum atomic E-state index is -1.11. The highest BCUT2D eigenvalue weighted by Crippen LogP contribution is 2.58. The number of hydrogen-bond acceptors (Lipinski definition) is 2. The molecule has 0 bridgehead atoms. The Labute approximate surface area is 204 Å². The van der Waals surface area contributed by atoms with Gasteiger partial charge in [0, 0.05) is 0 Å². The van der Waals surface area contributed by atoms with Crippen LogP contribution in [0.25, 0.3) is 0 Å². The van der Waals surface area contributed by atoms with Gasteiger partial charge >= 0.3 is 11.9 Å². The van der Waals surface area contributed by atoms with Crippen molar-refractivity contribution in [3.63, 3.8) is 0 Å². The van der Waals surface area contributed by atoms with Gasteiger partial charge in [-0.1, -0.05) is 124 Å². The van der Waals surface area contributed by atoms with Crippen molar-refractivity contribution < 1.29 is 19.8 Å². The fraction of sp³-hybridized carbons (Fsp3) is 0.931. The first-order chi connectivity index (χ1) is 15.9. The van der Waals surface area contributed by atoms with Crippen LogP contribution in [0.2, 0.25) is 0 Å². The summed E-state index contributed by atoms with van der Waals surface area (Å²) in [6, 6.07) is 0. The van der Waals surface area contributed by atoms with E-state index in [1.54, 1.807) is 0 Å². The molecule has 1 fully saturated rings. The Morgan fingerprint density at radius 1 is 0.636 bits per heavy atom. The lowest BCUT2D eigenvalue weighted by Crippen LogP contribution is -2.56. The zero-order valence-corrected chi connectivity index (χ0v) is 22.1. The molecule has 3 atom stereocenters. The summed E-state index contributed by atoms with van der Waals surface area (Å²) in [5.74, 6) is -1.44. The SMILES string of the molecule is CCCCCCCCCCC1(C(=O)O)CCC(C)CC1(CCCCCCCCCC)C(=O)O. The second-order valence-electron chi connectivity index (χ2n) is 11.1. The fourth-order valence-corrected chi connectivity index (χ4v) is 6.27. The predicted octanol–water partition coefficient (Wildman–Crippen LogP) is 9.01. The van der Waals surface area contributed by atoms with Crippen LogP contribution in [0.1, 0.15) is 156 Å². The first kappa shape index (κ1) is 30.0. The third-order valence-corrected chi connectivity index (χ3v) is 8.41. The molecule has 0 spiro atoms. The molecule has 4 heteroatoms. The molecule has 3 unspecified atom stereocenters. The molecule has 0 aliphatic heterocycles. The molecule has 0 aromatic carbocycles. The van der Waals surface area contributed by atoms with E-state index in [0.29, 0.717) is 25.7 Å². The largest absolute Gasteiger partial charge is 0.481 e. The van der Waals surface area contributed by atoms with Crippen molar-refractivity contribution in [2.75, 3.05) is 0 Å². The van der Waals surface area contributed by atoms with Gasteiger partial charge in [0.15, 0.2) is 0 Å². The van der Waals surface area contributed by atoms with Crippen LogP contribution in [0.5, 0.6) is 0 Å². The van der Waals surface area contributed by atoms with E-state index < -0.39 is 22.8 Å². The molecule has 0 saturated heterocycles. The average molecular weight is 467 g/mol. The van der Waals surface area contributed by atoms with E-state index in [2.05, 4.69) is 20.8 Å². The Morgan fingerprint density at radius 2 is 1.00 bits per heavy atom. The number of rotatable bonds is 20. The van der Waals surface area contributed by atoms with Gasteiger partial charge in [-0.25, -0.2) is 0 Å². The zero-order valence-electron chi connectivity index (χ0n) is 22.1. The van der Waals surface area contributed by atoms with Gasteiger partial charge in [-0.15, -0.1) is 0 Å². The Balaban J connectivity index is 2.73. The summed E-state index contributed by atoms with van der Waals surface area (Å²) in [4.78, 5) is 25.5. The van der Waals surface area contributed by atoms with Crippen LogP contribution < -0.4 is 0 Å². The quantitative estimate of drug-likeness (QED) is 0.175. The standard InChI is InChI=1S/C29H54O4/c1-4-6-8-10-12-14-16-18-21-28(26(30)31)23-20-25(3)24-29(28,27(32)33)22-19-17-15-13-11-9-7-5-2/h25H,4-24H2,1-3H3,(H,30,31)(H,32,33). The molecule has 0 amide bonds. The molecular formula is C29H54O4. The highest BCUT2D eigenvalue weighted by Gasteiger charge is 2.62. The molecule has 194 valence electrons. The van der Waals surface area contributed by atoms with E-state index in [1.807, 2.05) is 0 Å². The van der Waals surface area contributed by atoms with Crippen molar-refractivity contribution in [1.82, 2.24) is 0 Å². The summed E-state index contributed by atoms with van der Waals surface area (Å²) in [7, 11) is 0. The highest BCUT2D eigenvalue weighted by atomic mass is 16.4. The van der Waals surface area contributed by atoms with Crippen LogP contribution in [-0.2, 0) is 9.59 Å². The normalized spacial score (nSPS) is 25.2. The van der Waals surface area contributed by atoms with E-state index in [9.17, 15) is 19.8 Å². The number of carboxylic acid groups (broad SMARTS) is 2. The monoisotopic (exact) mass is 466 g/mol. The third-order valence-electron chi connectivity index (χ3n) is 8.41. The Morgan fingerprint density at radius 3 is 1.39 bits per heavy atom. The molecule has 33 heavy (non-hydrogen) atoms. The van der Waals surface area contributed by atoms with Crippen LogP contribution in [0.15, 0.2) is 0 Å². The van der Waals surface area contributed by atoms with E-state index in [-0.39, 0.29) is 5.92 Å². The van der Waals surface area contributed by atoms with Gasteiger partial charge in [-0.3, -0.25) is 9.59 Å². The summed E-state index contributed by atoms with van der Waals surface area (Å²) in [5, 5.41) is 20.9. The first-order valence-electron chi connectivity index (χ1n) is 14.3. The van der Waals surface area contributed by atoms with Crippen LogP contribution in [0, 0.1) is 16.7 Å². The molecule has 4 nitrogen and oxygen atoms in total. The van der Waals surface area contributed by atoms with Crippen molar-refractivity contribution in [2.45, 2.75) is 156 Å². The predicted molar refractivity (Wildman–Crippen MR) is 138 cm³/mol. The van der Waals surface area contributed by atoms with E-state index in [1.165, 1.54) is 64.2 Å². The minimum Gasteiger partial charge on any atom is -0.481 e. The summed E-state index contributed by atoms with van der Waals surface area (Å²) in [6.45, 7) is 6.55. The summed E-state index contributed by atoms with van der Waals surface area (Å²) >= 11 is 0. The zero-order chi connectivity index (χ0) is 24.6. The molecule has 0 aromatic rings. The maximum absolute atomic E-state index is 12.8. The number of carboxylic acids is 2. The van der Waals surface area contributed by atoms with Crippen molar-refractivity contribution in [1.29, 1.82) is 0 Å². The average Bonchev–Trinajstić information content (AvgIpc) is 2.78. The number of unbranched alkanes of at least 4 members (excludes halogenated alkanes) is 14. The highest BCUT2D eigenvalue weighted by molar-refractivity contribution is 5.87. The maximum atomic E-state index is 12.8. The number of carbonyl (C=O) groups is 2. The summed E-state index contributed by atoms with van der Waals surface area (Å²) in [6.07, 6.45) is 21.4. The topological polar surface area (TPSA) is 74.6 Å². The lowest BCUT2D eigenvalue weighted by molar-refractivity contribution is -0.185. The Bertz CT molecular complexity index is 546. The van der Waals surface area contributed by atoms with Gasteiger partial charge in [0.25, 0.3) is 0 Å². The number of hydrogen-bond donors (Lipinski definition) is 2. The fourth-order valence-electron chi connectivity index (χ4n) is 6.27. The van der Waals surface area contributed by atoms with Crippen molar-refractivity contribution in [2.24, 2.45) is 16.7 Å². The van der Waals surface area contributed by atoms with Crippen LogP contribution in [-0.4, -0.2) is 22.2 Å². The second-order valence-corrected chi connectivity index (χ2v) is 11.1. The van der Waals surface area contributed by atoms with Gasteiger partial charge in [0.1, 0.15) is 0 Å². The van der Waals surface area contributed by atoms with E-state index >= 15 is 0 Å². The molecule has 1 rings (SSSR count). The Hall–Kier alpha value is -1.06. The first-order valence-corrected chi connectivity index (χ1v) is 14.3. The lowest BCUT2D eigenvalue weighted by atomic mass is 9.50. The summed E-state index contributed by atoms with van der Waals surface area (Å²) in [5.41, 5.74) is -2.21. The molecular weight excluding hydrogens is 412 g/mol. The molecule has 1 saturated carbocycles. The minimum absolute atomic E-state index is 0.279. The lowest BCUT2D eigenvalue weighted by Gasteiger charge is -2.50. The van der Waals surface area contributed by atoms with E-state index in [0.717, 1.165) is 44.9 Å².